The number of hydrogen-bond donors (Lipinski definition) is 1. The summed E-state index contributed by atoms with van der Waals surface area (Å²) in [5.41, 5.74) is -0.195. The van der Waals surface area contributed by atoms with Gasteiger partial charge in [-0.15, -0.1) is 0 Å². The second kappa shape index (κ2) is 6.15. The van der Waals surface area contributed by atoms with Crippen LogP contribution in [0.2, 0.25) is 0 Å². The molecule has 1 N–H and O–H groups in total. The van der Waals surface area contributed by atoms with Gasteiger partial charge in [0.15, 0.2) is 0 Å². The zero-order valence-corrected chi connectivity index (χ0v) is 10.8. The summed E-state index contributed by atoms with van der Waals surface area (Å²) < 4.78 is 42.9. The van der Waals surface area contributed by atoms with Crippen LogP contribution in [0.1, 0.15) is 12.0 Å². The summed E-state index contributed by atoms with van der Waals surface area (Å²) in [5, 5.41) is 8.55. The summed E-state index contributed by atoms with van der Waals surface area (Å²) in [4.78, 5) is 10.8. The number of esters is 1. The third-order valence-electron chi connectivity index (χ3n) is 2.17. The fourth-order valence-electron chi connectivity index (χ4n) is 1.21. The number of anilines is 1. The fourth-order valence-corrected chi connectivity index (χ4v) is 2.24. The number of nitrogens with one attached hydrogen (secondary N) is 1. The van der Waals surface area contributed by atoms with Gasteiger partial charge in [0.25, 0.3) is 0 Å². The molecule has 0 aliphatic heterocycles. The third-order valence-corrected chi connectivity index (χ3v) is 3.44. The lowest BCUT2D eigenvalue weighted by Gasteiger charge is -2.08. The van der Waals surface area contributed by atoms with Gasteiger partial charge >= 0.3 is 5.97 Å². The summed E-state index contributed by atoms with van der Waals surface area (Å²) in [6.07, 6.45) is -0.330. The normalized spacial score (nSPS) is 10.6. The lowest BCUT2D eigenvalue weighted by Crippen LogP contribution is -2.20. The maximum Gasteiger partial charge on any atom is 0.306 e. The van der Waals surface area contributed by atoms with E-state index in [0.717, 1.165) is 19.2 Å². The molecule has 0 heterocycles. The second-order valence-corrected chi connectivity index (χ2v) is 5.40. The Morgan fingerprint density at radius 3 is 2.74 bits per heavy atom. The molecule has 19 heavy (non-hydrogen) atoms. The number of nitriles is 1. The summed E-state index contributed by atoms with van der Waals surface area (Å²) in [6, 6.07) is 5.06. The number of benzene rings is 1. The fraction of sp³-hybridized carbons (Fsp3) is 0.273. The number of rotatable bonds is 5. The van der Waals surface area contributed by atoms with Gasteiger partial charge in [0.2, 0.25) is 10.0 Å². The van der Waals surface area contributed by atoms with E-state index in [1.807, 2.05) is 4.72 Å². The Morgan fingerprint density at radius 2 is 2.21 bits per heavy atom. The molecule has 6 nitrogen and oxygen atoms in total. The Labute approximate surface area is 109 Å². The number of hydrogen-bond acceptors (Lipinski definition) is 5. The highest BCUT2D eigenvalue weighted by atomic mass is 32.2. The number of sulfonamides is 1. The van der Waals surface area contributed by atoms with E-state index >= 15 is 0 Å². The van der Waals surface area contributed by atoms with Crippen LogP contribution >= 0.6 is 0 Å². The first-order chi connectivity index (χ1) is 8.88. The van der Waals surface area contributed by atoms with Crippen LogP contribution in [0.15, 0.2) is 18.2 Å². The molecule has 102 valence electrons. The number of halogens is 1. The van der Waals surface area contributed by atoms with Crippen LogP contribution in [0, 0.1) is 17.1 Å². The van der Waals surface area contributed by atoms with Crippen molar-refractivity contribution in [1.29, 1.82) is 5.26 Å². The first kappa shape index (κ1) is 14.9. The molecule has 0 aromatic heterocycles. The Morgan fingerprint density at radius 1 is 1.53 bits per heavy atom. The molecule has 1 aromatic rings. The Bertz CT molecular complexity index is 622. The number of ether oxygens (including phenoxy) is 1. The molecule has 8 heteroatoms. The average Bonchev–Trinajstić information content (AvgIpc) is 2.38. The van der Waals surface area contributed by atoms with Gasteiger partial charge in [0, 0.05) is 0 Å². The zero-order chi connectivity index (χ0) is 14.5. The van der Waals surface area contributed by atoms with Crippen molar-refractivity contribution < 1.29 is 22.3 Å². The highest BCUT2D eigenvalue weighted by Gasteiger charge is 2.15. The van der Waals surface area contributed by atoms with Crippen LogP contribution in [0.5, 0.6) is 0 Å². The summed E-state index contributed by atoms with van der Waals surface area (Å²) in [5.74, 6) is -2.05. The zero-order valence-electron chi connectivity index (χ0n) is 10.0. The summed E-state index contributed by atoms with van der Waals surface area (Å²) in [6.45, 7) is 0. The van der Waals surface area contributed by atoms with Crippen LogP contribution in [0.4, 0.5) is 10.1 Å². The molecule has 1 rings (SSSR count). The van der Waals surface area contributed by atoms with Crippen LogP contribution in [0.3, 0.4) is 0 Å². The maximum absolute atomic E-state index is 13.5. The molecular weight excluding hydrogens is 275 g/mol. The van der Waals surface area contributed by atoms with E-state index in [2.05, 4.69) is 4.74 Å². The monoisotopic (exact) mass is 286 g/mol. The second-order valence-electron chi connectivity index (χ2n) is 3.55. The van der Waals surface area contributed by atoms with Crippen LogP contribution < -0.4 is 4.72 Å². The van der Waals surface area contributed by atoms with E-state index < -0.39 is 27.6 Å². The highest BCUT2D eigenvalue weighted by molar-refractivity contribution is 7.92. The molecule has 1 aromatic carbocycles. The summed E-state index contributed by atoms with van der Waals surface area (Å²) >= 11 is 0. The molecule has 0 amide bonds. The number of nitrogens with zero attached hydrogens (tertiary/aromatic N) is 1. The van der Waals surface area contributed by atoms with Gasteiger partial charge in [-0.3, -0.25) is 9.52 Å². The van der Waals surface area contributed by atoms with E-state index in [-0.39, 0.29) is 17.7 Å². The largest absolute Gasteiger partial charge is 0.469 e. The number of methoxy groups -OCH3 is 1. The molecule has 0 aliphatic rings. The van der Waals surface area contributed by atoms with Gasteiger partial charge in [0.05, 0.1) is 36.6 Å². The van der Waals surface area contributed by atoms with Crippen LogP contribution in [0.25, 0.3) is 0 Å². The van der Waals surface area contributed by atoms with Crippen molar-refractivity contribution in [3.63, 3.8) is 0 Å². The Balaban J connectivity index is 2.79. The quantitative estimate of drug-likeness (QED) is 0.815. The molecule has 0 atom stereocenters. The van der Waals surface area contributed by atoms with Crippen LogP contribution in [-0.2, 0) is 19.6 Å². The highest BCUT2D eigenvalue weighted by Crippen LogP contribution is 2.17. The van der Waals surface area contributed by atoms with Crippen molar-refractivity contribution in [2.24, 2.45) is 0 Å². The molecule has 0 spiro atoms. The van der Waals surface area contributed by atoms with E-state index in [9.17, 15) is 17.6 Å². The predicted molar refractivity (Wildman–Crippen MR) is 65.2 cm³/mol. The van der Waals surface area contributed by atoms with Crippen molar-refractivity contribution in [2.45, 2.75) is 6.42 Å². The first-order valence-corrected chi connectivity index (χ1v) is 6.80. The van der Waals surface area contributed by atoms with Gasteiger partial charge in [0.1, 0.15) is 5.82 Å². The average molecular weight is 286 g/mol. The predicted octanol–water partition coefficient (Wildman–Crippen LogP) is 1.00. The van der Waals surface area contributed by atoms with E-state index in [0.29, 0.717) is 0 Å². The number of carbonyl (C=O) groups excluding carboxylic acids is 1. The lowest BCUT2D eigenvalue weighted by atomic mass is 10.2. The number of carbonyl (C=O) groups is 1. The lowest BCUT2D eigenvalue weighted by molar-refractivity contribution is -0.140. The molecular formula is C11H11FN2O4S. The Hall–Kier alpha value is -2.14. The molecule has 0 saturated carbocycles. The van der Waals surface area contributed by atoms with Gasteiger partial charge in [-0.05, 0) is 18.2 Å². The van der Waals surface area contributed by atoms with Gasteiger partial charge in [-0.2, -0.15) is 5.26 Å². The third kappa shape index (κ3) is 4.56. The molecule has 0 unspecified atom stereocenters. The van der Waals surface area contributed by atoms with Gasteiger partial charge in [-0.1, -0.05) is 0 Å². The minimum atomic E-state index is -3.86. The smallest absolute Gasteiger partial charge is 0.306 e. The van der Waals surface area contributed by atoms with E-state index in [1.165, 1.54) is 6.07 Å². The van der Waals surface area contributed by atoms with E-state index in [1.54, 1.807) is 6.07 Å². The van der Waals surface area contributed by atoms with Crippen molar-refractivity contribution >= 4 is 21.7 Å². The Kier molecular flexibility index (Phi) is 4.83. The van der Waals surface area contributed by atoms with Crippen molar-refractivity contribution in [3.05, 3.63) is 29.6 Å². The van der Waals surface area contributed by atoms with Crippen LogP contribution in [-0.4, -0.2) is 27.2 Å². The standard InChI is InChI=1S/C11H11FN2O4S/c1-18-11(15)4-5-19(16,17)14-10-3-2-8(7-13)6-9(10)12/h2-3,6,14H,4-5H2,1H3. The molecule has 0 saturated heterocycles. The minimum Gasteiger partial charge on any atom is -0.469 e. The van der Waals surface area contributed by atoms with Gasteiger partial charge in [-0.25, -0.2) is 12.8 Å². The molecule has 0 bridgehead atoms. The SMILES string of the molecule is COC(=O)CCS(=O)(=O)Nc1ccc(C#N)cc1F. The first-order valence-electron chi connectivity index (χ1n) is 5.15. The van der Waals surface area contributed by atoms with Crippen molar-refractivity contribution in [3.8, 4) is 6.07 Å². The topological polar surface area (TPSA) is 96.3 Å². The minimum absolute atomic E-state index is 0.0787. The summed E-state index contributed by atoms with van der Waals surface area (Å²) in [7, 11) is -2.71. The maximum atomic E-state index is 13.5. The van der Waals surface area contributed by atoms with Crippen molar-refractivity contribution in [1.82, 2.24) is 0 Å². The van der Waals surface area contributed by atoms with Crippen molar-refractivity contribution in [2.75, 3.05) is 17.6 Å². The molecule has 0 aliphatic carbocycles. The molecule has 0 radical (unpaired) electrons. The molecule has 0 fully saturated rings. The van der Waals surface area contributed by atoms with E-state index in [4.69, 9.17) is 5.26 Å². The van der Waals surface area contributed by atoms with Gasteiger partial charge < -0.3 is 4.74 Å².